The predicted octanol–water partition coefficient (Wildman–Crippen LogP) is 2.36. The minimum atomic E-state index is -1.13. The lowest BCUT2D eigenvalue weighted by atomic mass is 10.0. The summed E-state index contributed by atoms with van der Waals surface area (Å²) in [7, 11) is 0. The molecule has 0 unspecified atom stereocenters. The fourth-order valence-corrected chi connectivity index (χ4v) is 1.73. The summed E-state index contributed by atoms with van der Waals surface area (Å²) in [6.45, 7) is 5.54. The molecule has 6 heteroatoms. The van der Waals surface area contributed by atoms with Crippen LogP contribution in [0.4, 0.5) is 0 Å². The summed E-state index contributed by atoms with van der Waals surface area (Å²) in [4.78, 5) is 28.0. The summed E-state index contributed by atoms with van der Waals surface area (Å²) in [5.41, 5.74) is 1.02. The molecule has 0 fully saturated rings. The Labute approximate surface area is 120 Å². The lowest BCUT2D eigenvalue weighted by Crippen LogP contribution is -2.27. The van der Waals surface area contributed by atoms with Crippen LogP contribution in [0.3, 0.4) is 0 Å². The van der Waals surface area contributed by atoms with Gasteiger partial charge in [0.15, 0.2) is 5.92 Å². The predicted molar refractivity (Wildman–Crippen MR) is 72.7 cm³/mol. The van der Waals surface area contributed by atoms with Gasteiger partial charge in [-0.25, -0.2) is 0 Å². The van der Waals surface area contributed by atoms with Crippen molar-refractivity contribution in [1.29, 1.82) is 0 Å². The van der Waals surface area contributed by atoms with Gasteiger partial charge in [-0.3, -0.25) is 14.6 Å². The summed E-state index contributed by atoms with van der Waals surface area (Å²) in [6, 6.07) is 3.35. The number of esters is 2. The van der Waals surface area contributed by atoms with Crippen molar-refractivity contribution in [3.8, 4) is 0 Å². The standard InChI is InChI=1S/C13H16BrNO4/c1-4-18-12(16)11(13(17)19-5-2)10-7-6-9(14)8(3)15-10/h6-7,11H,4-5H2,1-3H3. The normalized spacial score (nSPS) is 10.4. The second kappa shape index (κ2) is 7.23. The van der Waals surface area contributed by atoms with E-state index in [1.165, 1.54) is 0 Å². The Morgan fingerprint density at radius 2 is 1.74 bits per heavy atom. The third kappa shape index (κ3) is 4.02. The molecular formula is C13H16BrNO4. The van der Waals surface area contributed by atoms with Crippen LogP contribution in [0.25, 0.3) is 0 Å². The van der Waals surface area contributed by atoms with Gasteiger partial charge in [0.25, 0.3) is 0 Å². The Morgan fingerprint density at radius 3 is 2.16 bits per heavy atom. The highest BCUT2D eigenvalue weighted by atomic mass is 79.9. The molecule has 0 spiro atoms. The molecule has 0 aliphatic rings. The van der Waals surface area contributed by atoms with E-state index in [1.807, 2.05) is 0 Å². The zero-order chi connectivity index (χ0) is 14.4. The average molecular weight is 330 g/mol. The third-order valence-corrected chi connectivity index (χ3v) is 3.22. The van der Waals surface area contributed by atoms with Crippen LogP contribution >= 0.6 is 15.9 Å². The highest BCUT2D eigenvalue weighted by Crippen LogP contribution is 2.21. The van der Waals surface area contributed by atoms with E-state index in [0.29, 0.717) is 11.4 Å². The van der Waals surface area contributed by atoms with Crippen LogP contribution in [0.2, 0.25) is 0 Å². The first-order valence-corrected chi connectivity index (χ1v) is 6.76. The van der Waals surface area contributed by atoms with Crippen molar-refractivity contribution in [1.82, 2.24) is 4.98 Å². The number of aryl methyl sites for hydroxylation is 1. The molecule has 1 aromatic heterocycles. The number of rotatable bonds is 5. The first kappa shape index (κ1) is 15.6. The molecule has 0 saturated heterocycles. The lowest BCUT2D eigenvalue weighted by molar-refractivity contribution is -0.157. The third-order valence-electron chi connectivity index (χ3n) is 2.38. The highest BCUT2D eigenvalue weighted by Gasteiger charge is 2.32. The molecular weight excluding hydrogens is 314 g/mol. The van der Waals surface area contributed by atoms with Crippen LogP contribution in [0.5, 0.6) is 0 Å². The fraction of sp³-hybridized carbons (Fsp3) is 0.462. The molecule has 0 atom stereocenters. The van der Waals surface area contributed by atoms with Crippen molar-refractivity contribution in [2.75, 3.05) is 13.2 Å². The second-order valence-corrected chi connectivity index (χ2v) is 4.59. The topological polar surface area (TPSA) is 65.5 Å². The van der Waals surface area contributed by atoms with Crippen LogP contribution in [0.15, 0.2) is 16.6 Å². The molecule has 1 heterocycles. The minimum absolute atomic E-state index is 0.199. The quantitative estimate of drug-likeness (QED) is 0.612. The van der Waals surface area contributed by atoms with E-state index >= 15 is 0 Å². The van der Waals surface area contributed by atoms with Gasteiger partial charge in [0.05, 0.1) is 24.6 Å². The molecule has 0 saturated carbocycles. The maximum atomic E-state index is 11.9. The number of halogens is 1. The maximum absolute atomic E-state index is 11.9. The monoisotopic (exact) mass is 329 g/mol. The van der Waals surface area contributed by atoms with Crippen LogP contribution in [0, 0.1) is 6.92 Å². The molecule has 0 aliphatic heterocycles. The number of hydrogen-bond acceptors (Lipinski definition) is 5. The molecule has 0 N–H and O–H groups in total. The van der Waals surface area contributed by atoms with Crippen LogP contribution in [0.1, 0.15) is 31.2 Å². The minimum Gasteiger partial charge on any atom is -0.465 e. The van der Waals surface area contributed by atoms with E-state index in [-0.39, 0.29) is 13.2 Å². The zero-order valence-electron chi connectivity index (χ0n) is 11.1. The summed E-state index contributed by atoms with van der Waals surface area (Å²) in [5, 5.41) is 0. The molecule has 104 valence electrons. The van der Waals surface area contributed by atoms with Crippen molar-refractivity contribution < 1.29 is 19.1 Å². The average Bonchev–Trinajstić information content (AvgIpc) is 2.34. The summed E-state index contributed by atoms with van der Waals surface area (Å²) >= 11 is 3.32. The molecule has 0 radical (unpaired) electrons. The Bertz CT molecular complexity index is 458. The van der Waals surface area contributed by atoms with Gasteiger partial charge in [-0.05, 0) is 48.8 Å². The second-order valence-electron chi connectivity index (χ2n) is 3.74. The molecule has 19 heavy (non-hydrogen) atoms. The van der Waals surface area contributed by atoms with Gasteiger partial charge >= 0.3 is 11.9 Å². The SMILES string of the molecule is CCOC(=O)C(C(=O)OCC)c1ccc(Br)c(C)n1. The van der Waals surface area contributed by atoms with Crippen molar-refractivity contribution in [2.45, 2.75) is 26.7 Å². The van der Waals surface area contributed by atoms with E-state index in [9.17, 15) is 9.59 Å². The van der Waals surface area contributed by atoms with Gasteiger partial charge in [0.1, 0.15) is 0 Å². The van der Waals surface area contributed by atoms with E-state index in [4.69, 9.17) is 9.47 Å². The number of aromatic nitrogens is 1. The van der Waals surface area contributed by atoms with Crippen molar-refractivity contribution in [2.24, 2.45) is 0 Å². The molecule has 0 aliphatic carbocycles. The highest BCUT2D eigenvalue weighted by molar-refractivity contribution is 9.10. The Kier molecular flexibility index (Phi) is 5.95. The van der Waals surface area contributed by atoms with Gasteiger partial charge in [-0.15, -0.1) is 0 Å². The first-order chi connectivity index (χ1) is 9.01. The molecule has 1 aromatic rings. The Balaban J connectivity index is 3.11. The lowest BCUT2D eigenvalue weighted by Gasteiger charge is -2.14. The van der Waals surface area contributed by atoms with Crippen LogP contribution < -0.4 is 0 Å². The van der Waals surface area contributed by atoms with E-state index in [0.717, 1.165) is 4.47 Å². The first-order valence-electron chi connectivity index (χ1n) is 5.97. The molecule has 0 aromatic carbocycles. The van der Waals surface area contributed by atoms with Gasteiger partial charge in [-0.2, -0.15) is 0 Å². The summed E-state index contributed by atoms with van der Waals surface area (Å²) < 4.78 is 10.6. The Morgan fingerprint density at radius 1 is 1.21 bits per heavy atom. The number of pyridine rings is 1. The number of carbonyl (C=O) groups excluding carboxylic acids is 2. The van der Waals surface area contributed by atoms with Crippen molar-refractivity contribution in [3.63, 3.8) is 0 Å². The van der Waals surface area contributed by atoms with Gasteiger partial charge < -0.3 is 9.47 Å². The molecule has 1 rings (SSSR count). The van der Waals surface area contributed by atoms with E-state index < -0.39 is 17.9 Å². The Hall–Kier alpha value is -1.43. The summed E-state index contributed by atoms with van der Waals surface area (Å²) in [6.07, 6.45) is 0. The number of nitrogens with zero attached hydrogens (tertiary/aromatic N) is 1. The van der Waals surface area contributed by atoms with Crippen molar-refractivity contribution in [3.05, 3.63) is 28.0 Å². The summed E-state index contributed by atoms with van der Waals surface area (Å²) in [5.74, 6) is -2.42. The number of ether oxygens (including phenoxy) is 2. The number of carbonyl (C=O) groups is 2. The van der Waals surface area contributed by atoms with Gasteiger partial charge in [0, 0.05) is 4.47 Å². The number of hydrogen-bond donors (Lipinski definition) is 0. The van der Waals surface area contributed by atoms with Crippen LogP contribution in [-0.4, -0.2) is 30.1 Å². The van der Waals surface area contributed by atoms with Gasteiger partial charge in [0.2, 0.25) is 0 Å². The van der Waals surface area contributed by atoms with Gasteiger partial charge in [-0.1, -0.05) is 0 Å². The largest absolute Gasteiger partial charge is 0.465 e. The van der Waals surface area contributed by atoms with E-state index in [2.05, 4.69) is 20.9 Å². The smallest absolute Gasteiger partial charge is 0.326 e. The molecule has 5 nitrogen and oxygen atoms in total. The molecule has 0 amide bonds. The zero-order valence-corrected chi connectivity index (χ0v) is 12.7. The fourth-order valence-electron chi connectivity index (χ4n) is 1.51. The van der Waals surface area contributed by atoms with Crippen LogP contribution in [-0.2, 0) is 19.1 Å². The van der Waals surface area contributed by atoms with E-state index in [1.54, 1.807) is 32.9 Å². The molecule has 0 bridgehead atoms. The van der Waals surface area contributed by atoms with Crippen molar-refractivity contribution >= 4 is 27.9 Å². The maximum Gasteiger partial charge on any atom is 0.326 e.